The fraction of sp³-hybridized carbons (Fsp3) is 0.429. The summed E-state index contributed by atoms with van der Waals surface area (Å²) in [7, 11) is 0. The summed E-state index contributed by atoms with van der Waals surface area (Å²) >= 11 is 0. The van der Waals surface area contributed by atoms with E-state index in [0.717, 1.165) is 5.56 Å². The molecule has 1 aliphatic carbocycles. The molecule has 0 aromatic heterocycles. The van der Waals surface area contributed by atoms with Gasteiger partial charge in [0.1, 0.15) is 12.7 Å². The van der Waals surface area contributed by atoms with Gasteiger partial charge in [0.05, 0.1) is 12.0 Å². The number of carbonyl (C=O) groups is 2. The van der Waals surface area contributed by atoms with Crippen LogP contribution in [0.1, 0.15) is 18.4 Å². The second-order valence-corrected chi connectivity index (χ2v) is 4.89. The molecule has 1 heterocycles. The van der Waals surface area contributed by atoms with Gasteiger partial charge in [-0.15, -0.1) is 0 Å². The molecule has 0 spiro atoms. The van der Waals surface area contributed by atoms with Gasteiger partial charge in [-0.1, -0.05) is 30.3 Å². The normalized spacial score (nSPS) is 28.4. The maximum atomic E-state index is 12.0. The van der Waals surface area contributed by atoms with Crippen LogP contribution in [0.4, 0.5) is 4.79 Å². The molecule has 1 aromatic carbocycles. The molecule has 100 valence electrons. The number of amides is 1. The number of esters is 1. The van der Waals surface area contributed by atoms with Crippen molar-refractivity contribution in [2.45, 2.75) is 31.6 Å². The average Bonchev–Trinajstić information content (AvgIpc) is 2.96. The predicted molar refractivity (Wildman–Crippen MR) is 66.2 cm³/mol. The Kier molecular flexibility index (Phi) is 3.11. The Morgan fingerprint density at radius 3 is 2.89 bits per heavy atom. The number of nitrogens with one attached hydrogen (secondary N) is 1. The molecular weight excluding hydrogens is 246 g/mol. The molecule has 2 fully saturated rings. The number of rotatable bonds is 3. The van der Waals surface area contributed by atoms with E-state index in [-0.39, 0.29) is 30.6 Å². The minimum Gasteiger partial charge on any atom is -0.461 e. The van der Waals surface area contributed by atoms with Crippen molar-refractivity contribution < 1.29 is 19.1 Å². The molecule has 1 amide bonds. The summed E-state index contributed by atoms with van der Waals surface area (Å²) < 4.78 is 10.4. The molecule has 19 heavy (non-hydrogen) atoms. The summed E-state index contributed by atoms with van der Waals surface area (Å²) in [5, 5.41) is 2.68. The van der Waals surface area contributed by atoms with E-state index in [0.29, 0.717) is 12.8 Å². The first-order valence-corrected chi connectivity index (χ1v) is 6.42. The Morgan fingerprint density at radius 1 is 1.32 bits per heavy atom. The summed E-state index contributed by atoms with van der Waals surface area (Å²) in [4.78, 5) is 23.2. The number of carbonyl (C=O) groups excluding carboxylic acids is 2. The number of hydrogen-bond donors (Lipinski definition) is 1. The van der Waals surface area contributed by atoms with E-state index < -0.39 is 6.09 Å². The fourth-order valence-electron chi connectivity index (χ4n) is 2.70. The zero-order chi connectivity index (χ0) is 13.2. The van der Waals surface area contributed by atoms with E-state index in [4.69, 9.17) is 9.47 Å². The van der Waals surface area contributed by atoms with Crippen LogP contribution in [0.15, 0.2) is 30.3 Å². The third-order valence-corrected chi connectivity index (χ3v) is 3.67. The number of benzene rings is 1. The van der Waals surface area contributed by atoms with E-state index in [1.165, 1.54) is 0 Å². The molecule has 3 rings (SSSR count). The van der Waals surface area contributed by atoms with E-state index in [1.807, 2.05) is 30.3 Å². The van der Waals surface area contributed by atoms with Gasteiger partial charge < -0.3 is 14.8 Å². The average molecular weight is 261 g/mol. The van der Waals surface area contributed by atoms with Gasteiger partial charge in [-0.05, 0) is 18.4 Å². The van der Waals surface area contributed by atoms with Crippen LogP contribution in [0, 0.1) is 5.92 Å². The largest absolute Gasteiger partial charge is 0.461 e. The molecule has 2 aliphatic rings. The zero-order valence-corrected chi connectivity index (χ0v) is 10.4. The van der Waals surface area contributed by atoms with Crippen molar-refractivity contribution in [3.8, 4) is 0 Å². The maximum Gasteiger partial charge on any atom is 0.407 e. The van der Waals surface area contributed by atoms with Crippen molar-refractivity contribution in [2.75, 3.05) is 0 Å². The lowest BCUT2D eigenvalue weighted by Gasteiger charge is -2.15. The molecule has 0 radical (unpaired) electrons. The van der Waals surface area contributed by atoms with Crippen LogP contribution in [0.3, 0.4) is 0 Å². The summed E-state index contributed by atoms with van der Waals surface area (Å²) in [5.74, 6) is -0.553. The molecule has 1 aliphatic heterocycles. The van der Waals surface area contributed by atoms with E-state index in [2.05, 4.69) is 5.32 Å². The fourth-order valence-corrected chi connectivity index (χ4v) is 2.70. The van der Waals surface area contributed by atoms with Crippen LogP contribution < -0.4 is 5.32 Å². The molecule has 1 saturated carbocycles. The smallest absolute Gasteiger partial charge is 0.407 e. The second kappa shape index (κ2) is 4.91. The molecule has 5 nitrogen and oxygen atoms in total. The minimum atomic E-state index is -0.435. The Labute approximate surface area is 110 Å². The zero-order valence-electron chi connectivity index (χ0n) is 10.4. The molecule has 0 bridgehead atoms. The standard InChI is InChI=1S/C14H15NO4/c16-13(18-8-9-4-2-1-3-5-9)10-6-7-11-12(10)15-14(17)19-11/h1-5,10-12H,6-8H2,(H,15,17)/t10?,11?,12-/m0/s1. The highest BCUT2D eigenvalue weighted by molar-refractivity contribution is 5.77. The van der Waals surface area contributed by atoms with Crippen molar-refractivity contribution in [3.05, 3.63) is 35.9 Å². The lowest BCUT2D eigenvalue weighted by Crippen LogP contribution is -2.38. The first-order chi connectivity index (χ1) is 9.24. The highest BCUT2D eigenvalue weighted by atomic mass is 16.6. The Balaban J connectivity index is 1.58. The molecule has 1 N–H and O–H groups in total. The number of ether oxygens (including phenoxy) is 2. The van der Waals surface area contributed by atoms with Gasteiger partial charge in [0.25, 0.3) is 0 Å². The van der Waals surface area contributed by atoms with E-state index in [1.54, 1.807) is 0 Å². The summed E-state index contributed by atoms with van der Waals surface area (Å²) in [6, 6.07) is 9.31. The first kappa shape index (κ1) is 12.0. The lowest BCUT2D eigenvalue weighted by atomic mass is 10.0. The summed E-state index contributed by atoms with van der Waals surface area (Å²) in [6.45, 7) is 0.266. The van der Waals surface area contributed by atoms with Gasteiger partial charge >= 0.3 is 12.1 Å². The van der Waals surface area contributed by atoms with Gasteiger partial charge in [0.15, 0.2) is 0 Å². The van der Waals surface area contributed by atoms with Crippen LogP contribution in [-0.4, -0.2) is 24.2 Å². The number of hydrogen-bond acceptors (Lipinski definition) is 4. The van der Waals surface area contributed by atoms with Gasteiger partial charge in [-0.3, -0.25) is 4.79 Å². The maximum absolute atomic E-state index is 12.0. The van der Waals surface area contributed by atoms with E-state index >= 15 is 0 Å². The van der Waals surface area contributed by atoms with Gasteiger partial charge in [-0.25, -0.2) is 4.79 Å². The third kappa shape index (κ3) is 2.41. The molecule has 1 saturated heterocycles. The quantitative estimate of drug-likeness (QED) is 0.840. The number of alkyl carbamates (subject to hydrolysis) is 1. The number of fused-ring (bicyclic) bond motifs is 1. The monoisotopic (exact) mass is 261 g/mol. The van der Waals surface area contributed by atoms with Crippen LogP contribution >= 0.6 is 0 Å². The van der Waals surface area contributed by atoms with Gasteiger partial charge in [0, 0.05) is 0 Å². The SMILES string of the molecule is O=C1N[C@@H]2C(CCC2C(=O)OCc2ccccc2)O1. The second-order valence-electron chi connectivity index (χ2n) is 4.89. The summed E-state index contributed by atoms with van der Waals surface area (Å²) in [6.07, 6.45) is 0.801. The lowest BCUT2D eigenvalue weighted by molar-refractivity contribution is -0.150. The van der Waals surface area contributed by atoms with Crippen molar-refractivity contribution in [3.63, 3.8) is 0 Å². The highest BCUT2D eigenvalue weighted by Crippen LogP contribution is 2.33. The first-order valence-electron chi connectivity index (χ1n) is 6.42. The van der Waals surface area contributed by atoms with Gasteiger partial charge in [-0.2, -0.15) is 0 Å². The minimum absolute atomic E-state index is 0.179. The van der Waals surface area contributed by atoms with Crippen molar-refractivity contribution in [2.24, 2.45) is 5.92 Å². The van der Waals surface area contributed by atoms with Crippen LogP contribution in [0.25, 0.3) is 0 Å². The Hall–Kier alpha value is -2.04. The summed E-state index contributed by atoms with van der Waals surface area (Å²) in [5.41, 5.74) is 0.956. The molecule has 2 unspecified atom stereocenters. The Bertz CT molecular complexity index is 487. The Morgan fingerprint density at radius 2 is 2.11 bits per heavy atom. The van der Waals surface area contributed by atoms with E-state index in [9.17, 15) is 9.59 Å². The van der Waals surface area contributed by atoms with Crippen molar-refractivity contribution in [1.82, 2.24) is 5.32 Å². The van der Waals surface area contributed by atoms with Gasteiger partial charge in [0.2, 0.25) is 0 Å². The topological polar surface area (TPSA) is 64.6 Å². The molecule has 5 heteroatoms. The molecular formula is C14H15NO4. The van der Waals surface area contributed by atoms with Crippen LogP contribution in [0.2, 0.25) is 0 Å². The third-order valence-electron chi connectivity index (χ3n) is 3.67. The van der Waals surface area contributed by atoms with Crippen molar-refractivity contribution in [1.29, 1.82) is 0 Å². The molecule has 1 aromatic rings. The highest BCUT2D eigenvalue weighted by Gasteiger charge is 2.48. The molecule has 3 atom stereocenters. The van der Waals surface area contributed by atoms with Crippen molar-refractivity contribution >= 4 is 12.1 Å². The predicted octanol–water partition coefficient (Wildman–Crippen LogP) is 1.62. The van der Waals surface area contributed by atoms with Crippen LogP contribution in [0.5, 0.6) is 0 Å². The van der Waals surface area contributed by atoms with Crippen LogP contribution in [-0.2, 0) is 20.9 Å².